The van der Waals surface area contributed by atoms with Gasteiger partial charge in [0.05, 0.1) is 16.8 Å². The smallest absolute Gasteiger partial charge is 0.254 e. The third kappa shape index (κ3) is 3.37. The molecule has 3 heteroatoms. The van der Waals surface area contributed by atoms with E-state index < -0.39 is 0 Å². The minimum Gasteiger partial charge on any atom is -0.338 e. The van der Waals surface area contributed by atoms with Gasteiger partial charge in [0.25, 0.3) is 5.91 Å². The number of hydrogen-bond acceptors (Lipinski definition) is 2. The van der Waals surface area contributed by atoms with Crippen LogP contribution in [0.1, 0.15) is 34.3 Å². The second-order valence-electron chi connectivity index (χ2n) is 7.43. The molecule has 2 aromatic carbocycles. The van der Waals surface area contributed by atoms with Crippen LogP contribution in [-0.2, 0) is 0 Å². The molecule has 0 bridgehead atoms. The lowest BCUT2D eigenvalue weighted by Gasteiger charge is -2.28. The fourth-order valence-corrected chi connectivity index (χ4v) is 3.79. The number of likely N-dealkylation sites (tertiary alicyclic amines) is 1. The zero-order valence-corrected chi connectivity index (χ0v) is 16.0. The van der Waals surface area contributed by atoms with Crippen LogP contribution in [0.5, 0.6) is 0 Å². The number of nitrogens with zero attached hydrogens (tertiary/aromatic N) is 2. The van der Waals surface area contributed by atoms with Crippen LogP contribution in [0.2, 0.25) is 0 Å². The zero-order valence-electron chi connectivity index (χ0n) is 16.0. The van der Waals surface area contributed by atoms with Crippen molar-refractivity contribution in [2.45, 2.75) is 26.7 Å². The molecule has 1 fully saturated rings. The van der Waals surface area contributed by atoms with Gasteiger partial charge in [-0.05, 0) is 44.4 Å². The summed E-state index contributed by atoms with van der Waals surface area (Å²) >= 11 is 0. The molecule has 4 rings (SSSR count). The number of aromatic nitrogens is 1. The Morgan fingerprint density at radius 3 is 2.52 bits per heavy atom. The first kappa shape index (κ1) is 17.5. The van der Waals surface area contributed by atoms with Crippen molar-refractivity contribution in [3.8, 4) is 11.3 Å². The van der Waals surface area contributed by atoms with Gasteiger partial charge >= 0.3 is 0 Å². The first-order chi connectivity index (χ1) is 13.0. The summed E-state index contributed by atoms with van der Waals surface area (Å²) < 4.78 is 0. The number of fused-ring (bicyclic) bond motifs is 1. The van der Waals surface area contributed by atoms with Crippen molar-refractivity contribution in [3.05, 3.63) is 77.4 Å². The Labute approximate surface area is 160 Å². The molecule has 0 saturated carbocycles. The van der Waals surface area contributed by atoms with E-state index in [0.717, 1.165) is 53.7 Å². The van der Waals surface area contributed by atoms with E-state index >= 15 is 0 Å². The summed E-state index contributed by atoms with van der Waals surface area (Å²) in [5, 5.41) is 0.917. The molecule has 0 radical (unpaired) electrons. The summed E-state index contributed by atoms with van der Waals surface area (Å²) in [4.78, 5) is 20.1. The molecule has 3 aromatic rings. The summed E-state index contributed by atoms with van der Waals surface area (Å²) in [6.45, 7) is 9.72. The Hall–Kier alpha value is -2.94. The molecule has 0 unspecified atom stereocenters. The van der Waals surface area contributed by atoms with E-state index in [2.05, 4.69) is 38.6 Å². The summed E-state index contributed by atoms with van der Waals surface area (Å²) in [6.07, 6.45) is 1.78. The predicted molar refractivity (Wildman–Crippen MR) is 111 cm³/mol. The Morgan fingerprint density at radius 2 is 1.78 bits per heavy atom. The molecule has 1 aromatic heterocycles. The third-order valence-corrected chi connectivity index (χ3v) is 5.36. The number of pyridine rings is 1. The van der Waals surface area contributed by atoms with Gasteiger partial charge in [-0.1, -0.05) is 54.1 Å². The van der Waals surface area contributed by atoms with Crippen LogP contribution in [0.25, 0.3) is 22.2 Å². The lowest BCUT2D eigenvalue weighted by molar-refractivity contribution is 0.0746. The maximum Gasteiger partial charge on any atom is 0.254 e. The normalized spacial score (nSPS) is 14.6. The highest BCUT2D eigenvalue weighted by atomic mass is 16.2. The number of carbonyl (C=O) groups excluding carboxylic acids is 1. The van der Waals surface area contributed by atoms with Gasteiger partial charge in [-0.2, -0.15) is 0 Å². The molecule has 3 nitrogen and oxygen atoms in total. The van der Waals surface area contributed by atoms with Crippen LogP contribution >= 0.6 is 0 Å². The SMILES string of the molecule is C=C1CCN(C(=O)c2cc(-c3ccc(C)cc3C)nc3ccccc23)CC1. The van der Waals surface area contributed by atoms with Crippen molar-refractivity contribution >= 4 is 16.8 Å². The van der Waals surface area contributed by atoms with Crippen molar-refractivity contribution < 1.29 is 4.79 Å². The molecule has 0 atom stereocenters. The highest BCUT2D eigenvalue weighted by Crippen LogP contribution is 2.29. The number of piperidine rings is 1. The number of hydrogen-bond donors (Lipinski definition) is 0. The predicted octanol–water partition coefficient (Wildman–Crippen LogP) is 5.31. The molecule has 1 saturated heterocycles. The quantitative estimate of drug-likeness (QED) is 0.583. The molecule has 0 spiro atoms. The molecule has 0 N–H and O–H groups in total. The summed E-state index contributed by atoms with van der Waals surface area (Å²) in [5.74, 6) is 0.0899. The van der Waals surface area contributed by atoms with Crippen molar-refractivity contribution in [1.29, 1.82) is 0 Å². The van der Waals surface area contributed by atoms with E-state index in [0.29, 0.717) is 0 Å². The van der Waals surface area contributed by atoms with Crippen LogP contribution in [0.3, 0.4) is 0 Å². The van der Waals surface area contributed by atoms with Crippen molar-refractivity contribution in [1.82, 2.24) is 9.88 Å². The summed E-state index contributed by atoms with van der Waals surface area (Å²) in [6, 6.07) is 16.2. The minimum atomic E-state index is 0.0899. The monoisotopic (exact) mass is 356 g/mol. The molecular formula is C24H24N2O. The van der Waals surface area contributed by atoms with E-state index in [1.165, 1.54) is 16.7 Å². The molecule has 2 heterocycles. The van der Waals surface area contributed by atoms with Crippen LogP contribution < -0.4 is 0 Å². The van der Waals surface area contributed by atoms with E-state index in [-0.39, 0.29) is 5.91 Å². The lowest BCUT2D eigenvalue weighted by atomic mass is 9.98. The number of aryl methyl sites for hydroxylation is 2. The van der Waals surface area contributed by atoms with Crippen LogP contribution in [0.15, 0.2) is 60.7 Å². The highest BCUT2D eigenvalue weighted by molar-refractivity contribution is 6.07. The van der Waals surface area contributed by atoms with Crippen LogP contribution in [0.4, 0.5) is 0 Å². The minimum absolute atomic E-state index is 0.0899. The third-order valence-electron chi connectivity index (χ3n) is 5.36. The van der Waals surface area contributed by atoms with Crippen molar-refractivity contribution in [2.24, 2.45) is 0 Å². The first-order valence-corrected chi connectivity index (χ1v) is 9.46. The summed E-state index contributed by atoms with van der Waals surface area (Å²) in [7, 11) is 0. The molecule has 27 heavy (non-hydrogen) atoms. The van der Waals surface area contributed by atoms with Crippen molar-refractivity contribution in [2.75, 3.05) is 13.1 Å². The number of rotatable bonds is 2. The highest BCUT2D eigenvalue weighted by Gasteiger charge is 2.22. The van der Waals surface area contributed by atoms with E-state index in [1.807, 2.05) is 35.2 Å². The number of benzene rings is 2. The molecule has 1 aliphatic rings. The molecule has 1 aliphatic heterocycles. The second kappa shape index (κ2) is 6.99. The Morgan fingerprint density at radius 1 is 1.04 bits per heavy atom. The molecule has 136 valence electrons. The maximum atomic E-state index is 13.3. The lowest BCUT2D eigenvalue weighted by Crippen LogP contribution is -2.36. The zero-order chi connectivity index (χ0) is 19.0. The average molecular weight is 356 g/mol. The fraction of sp³-hybridized carbons (Fsp3) is 0.250. The van der Waals surface area contributed by atoms with Gasteiger partial charge in [0, 0.05) is 24.0 Å². The number of amides is 1. The van der Waals surface area contributed by atoms with Crippen LogP contribution in [0, 0.1) is 13.8 Å². The molecule has 1 amide bonds. The van der Waals surface area contributed by atoms with Crippen LogP contribution in [-0.4, -0.2) is 28.9 Å². The van der Waals surface area contributed by atoms with Gasteiger partial charge in [0.2, 0.25) is 0 Å². The van der Waals surface area contributed by atoms with E-state index in [9.17, 15) is 4.79 Å². The van der Waals surface area contributed by atoms with Gasteiger partial charge in [0.15, 0.2) is 0 Å². The molecular weight excluding hydrogens is 332 g/mol. The fourth-order valence-electron chi connectivity index (χ4n) is 3.79. The van der Waals surface area contributed by atoms with E-state index in [4.69, 9.17) is 4.98 Å². The largest absolute Gasteiger partial charge is 0.338 e. The van der Waals surface area contributed by atoms with E-state index in [1.54, 1.807) is 0 Å². The molecule has 0 aliphatic carbocycles. The Bertz CT molecular complexity index is 1040. The second-order valence-corrected chi connectivity index (χ2v) is 7.43. The van der Waals surface area contributed by atoms with Gasteiger partial charge in [-0.25, -0.2) is 4.98 Å². The topological polar surface area (TPSA) is 33.2 Å². The number of para-hydroxylation sites is 1. The first-order valence-electron chi connectivity index (χ1n) is 9.46. The van der Waals surface area contributed by atoms with Gasteiger partial charge in [-0.15, -0.1) is 0 Å². The Kier molecular flexibility index (Phi) is 4.53. The standard InChI is InChI=1S/C24H24N2O/c1-16-10-12-26(13-11-16)24(27)21-15-23(19-9-8-17(2)14-18(19)3)25-22-7-5-4-6-20(21)22/h4-9,14-15H,1,10-13H2,2-3H3. The Balaban J connectivity index is 1.84. The van der Waals surface area contributed by atoms with Gasteiger partial charge in [0.1, 0.15) is 0 Å². The van der Waals surface area contributed by atoms with Crippen molar-refractivity contribution in [3.63, 3.8) is 0 Å². The van der Waals surface area contributed by atoms with Gasteiger partial charge < -0.3 is 4.90 Å². The average Bonchev–Trinajstić information content (AvgIpc) is 2.67. The maximum absolute atomic E-state index is 13.3. The number of carbonyl (C=O) groups is 1. The summed E-state index contributed by atoms with van der Waals surface area (Å²) in [5.41, 5.74) is 7.16. The van der Waals surface area contributed by atoms with Gasteiger partial charge in [-0.3, -0.25) is 4.79 Å².